The van der Waals surface area contributed by atoms with Crippen molar-refractivity contribution >= 4 is 39.3 Å². The largest absolute Gasteiger partial charge is 0.497 e. The first kappa shape index (κ1) is 32.8. The van der Waals surface area contributed by atoms with Crippen molar-refractivity contribution < 1.29 is 27.5 Å². The molecule has 1 N–H and O–H groups in total. The maximum atomic E-state index is 14.2. The summed E-state index contributed by atoms with van der Waals surface area (Å²) in [6.07, 6.45) is 2.25. The second-order valence-corrected chi connectivity index (χ2v) is 12.0. The lowest BCUT2D eigenvalue weighted by Crippen LogP contribution is -2.52. The molecule has 0 heterocycles. The van der Waals surface area contributed by atoms with E-state index >= 15 is 0 Å². The smallest absolute Gasteiger partial charge is 0.264 e. The summed E-state index contributed by atoms with van der Waals surface area (Å²) in [6.45, 7) is 5.69. The predicted octanol–water partition coefficient (Wildman–Crippen LogP) is 4.95. The van der Waals surface area contributed by atoms with E-state index in [1.54, 1.807) is 62.6 Å². The van der Waals surface area contributed by atoms with E-state index in [1.807, 2.05) is 32.2 Å². The van der Waals surface area contributed by atoms with Crippen LogP contribution in [0.25, 0.3) is 0 Å². The van der Waals surface area contributed by atoms with Crippen LogP contribution >= 0.6 is 11.8 Å². The Morgan fingerprint density at radius 1 is 0.952 bits per heavy atom. The molecule has 42 heavy (non-hydrogen) atoms. The maximum Gasteiger partial charge on any atom is 0.264 e. The molecule has 0 aromatic heterocycles. The van der Waals surface area contributed by atoms with Crippen LogP contribution in [0.2, 0.25) is 0 Å². The SMILES string of the molecule is CCNC(=O)[C@@H](CC)N(Cc1ccc(OC)cc1)C(=O)CN(c1ccccc1OCC)S(=O)(=O)c1ccc(SC)cc1. The van der Waals surface area contributed by atoms with Crippen LogP contribution in [0.1, 0.15) is 32.8 Å². The van der Waals surface area contributed by atoms with E-state index in [4.69, 9.17) is 9.47 Å². The Kier molecular flexibility index (Phi) is 12.1. The predicted molar refractivity (Wildman–Crippen MR) is 167 cm³/mol. The zero-order chi connectivity index (χ0) is 30.7. The van der Waals surface area contributed by atoms with Gasteiger partial charge < -0.3 is 19.7 Å². The van der Waals surface area contributed by atoms with Gasteiger partial charge in [0.2, 0.25) is 11.8 Å². The first-order valence-corrected chi connectivity index (χ1v) is 16.4. The molecule has 0 aliphatic carbocycles. The van der Waals surface area contributed by atoms with Gasteiger partial charge in [0.1, 0.15) is 24.1 Å². The fourth-order valence-corrected chi connectivity index (χ4v) is 6.30. The zero-order valence-electron chi connectivity index (χ0n) is 24.7. The summed E-state index contributed by atoms with van der Waals surface area (Å²) in [5.74, 6) is 0.150. The third kappa shape index (κ3) is 7.98. The van der Waals surface area contributed by atoms with Crippen molar-refractivity contribution in [3.63, 3.8) is 0 Å². The Bertz CT molecular complexity index is 1430. The zero-order valence-corrected chi connectivity index (χ0v) is 26.3. The van der Waals surface area contributed by atoms with Gasteiger partial charge in [0.25, 0.3) is 10.0 Å². The normalized spacial score (nSPS) is 11.8. The molecule has 3 aromatic rings. The topological polar surface area (TPSA) is 105 Å². The van der Waals surface area contributed by atoms with E-state index in [9.17, 15) is 18.0 Å². The summed E-state index contributed by atoms with van der Waals surface area (Å²) >= 11 is 1.50. The fourth-order valence-electron chi connectivity index (χ4n) is 4.47. The number of anilines is 1. The summed E-state index contributed by atoms with van der Waals surface area (Å²) in [6, 6.07) is 19.6. The number of nitrogens with zero attached hydrogens (tertiary/aromatic N) is 2. The van der Waals surface area contributed by atoms with Crippen molar-refractivity contribution in [2.24, 2.45) is 0 Å². The second kappa shape index (κ2) is 15.5. The lowest BCUT2D eigenvalue weighted by atomic mass is 10.1. The highest BCUT2D eigenvalue weighted by atomic mass is 32.2. The van der Waals surface area contributed by atoms with Crippen LogP contribution in [0, 0.1) is 0 Å². The molecule has 3 rings (SSSR count). The molecule has 0 saturated heterocycles. The van der Waals surface area contributed by atoms with Crippen molar-refractivity contribution in [2.75, 3.05) is 37.4 Å². The third-order valence-electron chi connectivity index (χ3n) is 6.61. The average molecular weight is 614 g/mol. The number of amides is 2. The van der Waals surface area contributed by atoms with Gasteiger partial charge in [-0.05, 0) is 80.6 Å². The Morgan fingerprint density at radius 3 is 2.19 bits per heavy atom. The van der Waals surface area contributed by atoms with Crippen LogP contribution in [0.4, 0.5) is 5.69 Å². The number of benzene rings is 3. The summed E-state index contributed by atoms with van der Waals surface area (Å²) in [5.41, 5.74) is 1.00. The number of sulfonamides is 1. The van der Waals surface area contributed by atoms with E-state index < -0.39 is 28.5 Å². The summed E-state index contributed by atoms with van der Waals surface area (Å²) < 4.78 is 40.4. The molecular formula is C31H39N3O6S2. The molecule has 0 fully saturated rings. The molecule has 1 atom stereocenters. The first-order valence-electron chi connectivity index (χ1n) is 13.8. The third-order valence-corrected chi connectivity index (χ3v) is 9.13. The Hall–Kier alpha value is -3.70. The van der Waals surface area contributed by atoms with Gasteiger partial charge in [-0.15, -0.1) is 11.8 Å². The number of carbonyl (C=O) groups excluding carboxylic acids is 2. The van der Waals surface area contributed by atoms with Crippen molar-refractivity contribution in [3.05, 3.63) is 78.4 Å². The van der Waals surface area contributed by atoms with Gasteiger partial charge >= 0.3 is 0 Å². The van der Waals surface area contributed by atoms with Crippen LogP contribution in [-0.4, -0.2) is 64.2 Å². The molecule has 0 unspecified atom stereocenters. The molecule has 226 valence electrons. The number of methoxy groups -OCH3 is 1. The summed E-state index contributed by atoms with van der Waals surface area (Å²) in [5, 5.41) is 2.81. The van der Waals surface area contributed by atoms with Gasteiger partial charge in [0.15, 0.2) is 0 Å². The number of ether oxygens (including phenoxy) is 2. The molecule has 0 radical (unpaired) electrons. The Balaban J connectivity index is 2.10. The summed E-state index contributed by atoms with van der Waals surface area (Å²) in [4.78, 5) is 29.7. The Morgan fingerprint density at radius 2 is 1.62 bits per heavy atom. The number of hydrogen-bond donors (Lipinski definition) is 1. The number of para-hydroxylation sites is 2. The van der Waals surface area contributed by atoms with E-state index in [2.05, 4.69) is 5.32 Å². The number of hydrogen-bond acceptors (Lipinski definition) is 7. The average Bonchev–Trinajstić information content (AvgIpc) is 3.00. The minimum absolute atomic E-state index is 0.0388. The Labute approximate surface area is 253 Å². The van der Waals surface area contributed by atoms with Crippen LogP contribution in [0.3, 0.4) is 0 Å². The molecule has 9 nitrogen and oxygen atoms in total. The highest BCUT2D eigenvalue weighted by molar-refractivity contribution is 7.98. The molecule has 11 heteroatoms. The van der Waals surface area contributed by atoms with Crippen LogP contribution in [-0.2, 0) is 26.2 Å². The molecular weight excluding hydrogens is 574 g/mol. The van der Waals surface area contributed by atoms with Gasteiger partial charge in [-0.2, -0.15) is 0 Å². The monoisotopic (exact) mass is 613 g/mol. The van der Waals surface area contributed by atoms with Crippen molar-refractivity contribution in [2.45, 2.75) is 49.6 Å². The minimum atomic E-state index is -4.21. The van der Waals surface area contributed by atoms with Gasteiger partial charge in [0.05, 0.1) is 24.3 Å². The van der Waals surface area contributed by atoms with Gasteiger partial charge in [-0.3, -0.25) is 13.9 Å². The van der Waals surface area contributed by atoms with Crippen LogP contribution < -0.4 is 19.1 Å². The number of likely N-dealkylation sites (N-methyl/N-ethyl adjacent to an activating group) is 1. The fraction of sp³-hybridized carbons (Fsp3) is 0.355. The molecule has 2 amide bonds. The highest BCUT2D eigenvalue weighted by Gasteiger charge is 2.34. The number of thioether (sulfide) groups is 1. The minimum Gasteiger partial charge on any atom is -0.497 e. The highest BCUT2D eigenvalue weighted by Crippen LogP contribution is 2.33. The first-order chi connectivity index (χ1) is 20.2. The van der Waals surface area contributed by atoms with Crippen molar-refractivity contribution in [1.29, 1.82) is 0 Å². The van der Waals surface area contributed by atoms with Crippen LogP contribution in [0.15, 0.2) is 82.6 Å². The molecule has 0 saturated carbocycles. The standard InChI is InChI=1S/C31H39N3O6S2/c1-6-27(31(36)32-7-2)33(21-23-13-15-24(39-4)16-14-23)30(35)22-34(28-11-9-10-12-29(28)40-8-3)42(37,38)26-19-17-25(41-5)18-20-26/h9-20,27H,6-8,21-22H2,1-5H3,(H,32,36)/t27-/m1/s1. The van der Waals surface area contributed by atoms with Gasteiger partial charge in [-0.1, -0.05) is 31.2 Å². The maximum absolute atomic E-state index is 14.2. The quantitative estimate of drug-likeness (QED) is 0.242. The number of rotatable bonds is 15. The van der Waals surface area contributed by atoms with Gasteiger partial charge in [0, 0.05) is 18.0 Å². The van der Waals surface area contributed by atoms with E-state index in [-0.39, 0.29) is 23.0 Å². The van der Waals surface area contributed by atoms with E-state index in [1.165, 1.54) is 28.8 Å². The summed E-state index contributed by atoms with van der Waals surface area (Å²) in [7, 11) is -2.65. The number of carbonyl (C=O) groups is 2. The van der Waals surface area contributed by atoms with E-state index in [0.717, 1.165) is 14.8 Å². The van der Waals surface area contributed by atoms with Crippen LogP contribution in [0.5, 0.6) is 11.5 Å². The lowest BCUT2D eigenvalue weighted by Gasteiger charge is -2.33. The number of nitrogens with one attached hydrogen (secondary N) is 1. The molecule has 0 spiro atoms. The second-order valence-electron chi connectivity index (χ2n) is 9.28. The molecule has 0 aliphatic rings. The molecule has 0 bridgehead atoms. The van der Waals surface area contributed by atoms with Crippen molar-refractivity contribution in [3.8, 4) is 11.5 Å². The van der Waals surface area contributed by atoms with E-state index in [0.29, 0.717) is 31.1 Å². The van der Waals surface area contributed by atoms with Gasteiger partial charge in [-0.25, -0.2) is 8.42 Å². The van der Waals surface area contributed by atoms with Crippen molar-refractivity contribution in [1.82, 2.24) is 10.2 Å². The lowest BCUT2D eigenvalue weighted by molar-refractivity contribution is -0.140. The molecule has 0 aliphatic heterocycles. The molecule has 3 aromatic carbocycles.